The molecule has 1 aromatic carbocycles. The third kappa shape index (κ3) is 3.48. The van der Waals surface area contributed by atoms with Gasteiger partial charge in [-0.15, -0.1) is 16.4 Å². The molecule has 3 aromatic rings. The molecule has 1 N–H and O–H groups in total. The maximum absolute atomic E-state index is 11.7. The molecule has 0 saturated heterocycles. The van der Waals surface area contributed by atoms with Crippen molar-refractivity contribution >= 4 is 17.2 Å². The summed E-state index contributed by atoms with van der Waals surface area (Å²) in [6.45, 7) is 0.493. The zero-order valence-corrected chi connectivity index (χ0v) is 11.8. The Balaban J connectivity index is 1.56. The lowest BCUT2D eigenvalue weighted by molar-refractivity contribution is -0.122. The number of aromatic nitrogens is 5. The topological polar surface area (TPSA) is 85.6 Å². The fourth-order valence-corrected chi connectivity index (χ4v) is 2.57. The van der Waals surface area contributed by atoms with Gasteiger partial charge in [0.1, 0.15) is 17.9 Å². The lowest BCUT2D eigenvalue weighted by Crippen LogP contribution is -2.27. The van der Waals surface area contributed by atoms with Crippen LogP contribution in [0.15, 0.2) is 42.0 Å². The Morgan fingerprint density at radius 3 is 2.90 bits per heavy atom. The summed E-state index contributed by atoms with van der Waals surface area (Å²) in [7, 11) is 0. The summed E-state index contributed by atoms with van der Waals surface area (Å²) < 4.78 is 1.37. The molecule has 0 radical (unpaired) electrons. The predicted octanol–water partition coefficient (Wildman–Crippen LogP) is 1.11. The Bertz CT molecular complexity index is 709. The minimum Gasteiger partial charge on any atom is -0.349 e. The van der Waals surface area contributed by atoms with Crippen LogP contribution in [0.3, 0.4) is 0 Å². The number of hydrogen-bond acceptors (Lipinski definition) is 6. The fraction of sp³-hybridized carbons (Fsp3) is 0.154. The quantitative estimate of drug-likeness (QED) is 0.763. The van der Waals surface area contributed by atoms with Crippen molar-refractivity contribution in [3.8, 4) is 10.6 Å². The van der Waals surface area contributed by atoms with Gasteiger partial charge in [-0.2, -0.15) is 0 Å². The summed E-state index contributed by atoms with van der Waals surface area (Å²) >= 11 is 1.56. The van der Waals surface area contributed by atoms with Gasteiger partial charge in [-0.3, -0.25) is 4.79 Å². The summed E-state index contributed by atoms with van der Waals surface area (Å²) in [5, 5.41) is 16.3. The first kappa shape index (κ1) is 13.4. The molecule has 3 rings (SSSR count). The van der Waals surface area contributed by atoms with E-state index in [0.717, 1.165) is 16.3 Å². The van der Waals surface area contributed by atoms with Gasteiger partial charge in [-0.1, -0.05) is 30.3 Å². The van der Waals surface area contributed by atoms with Crippen LogP contribution in [0.5, 0.6) is 0 Å². The van der Waals surface area contributed by atoms with Gasteiger partial charge in [0.25, 0.3) is 0 Å². The van der Waals surface area contributed by atoms with E-state index in [0.29, 0.717) is 6.54 Å². The zero-order chi connectivity index (χ0) is 14.5. The first-order valence-corrected chi connectivity index (χ1v) is 7.16. The molecule has 0 aliphatic heterocycles. The van der Waals surface area contributed by atoms with E-state index in [1.165, 1.54) is 11.0 Å². The maximum Gasteiger partial charge on any atom is 0.242 e. The molecule has 0 aliphatic carbocycles. The van der Waals surface area contributed by atoms with E-state index >= 15 is 0 Å². The smallest absolute Gasteiger partial charge is 0.242 e. The number of nitrogens with one attached hydrogen (secondary N) is 1. The van der Waals surface area contributed by atoms with Gasteiger partial charge in [0, 0.05) is 10.9 Å². The Labute approximate surface area is 124 Å². The van der Waals surface area contributed by atoms with Gasteiger partial charge in [0.15, 0.2) is 0 Å². The highest BCUT2D eigenvalue weighted by molar-refractivity contribution is 7.13. The molecule has 2 aromatic heterocycles. The van der Waals surface area contributed by atoms with Gasteiger partial charge in [0.05, 0.1) is 12.2 Å². The molecule has 0 fully saturated rings. The minimum absolute atomic E-state index is 0.0999. The largest absolute Gasteiger partial charge is 0.349 e. The number of rotatable bonds is 5. The molecule has 0 spiro atoms. The van der Waals surface area contributed by atoms with E-state index in [1.54, 1.807) is 11.3 Å². The van der Waals surface area contributed by atoms with Crippen molar-refractivity contribution in [2.75, 3.05) is 0 Å². The third-order valence-corrected chi connectivity index (χ3v) is 3.68. The van der Waals surface area contributed by atoms with Crippen LogP contribution < -0.4 is 5.32 Å². The third-order valence-electron chi connectivity index (χ3n) is 2.74. The number of carbonyl (C=O) groups excluding carboxylic acids is 1. The molecule has 0 aliphatic rings. The second-order valence-electron chi connectivity index (χ2n) is 4.29. The van der Waals surface area contributed by atoms with E-state index in [-0.39, 0.29) is 12.5 Å². The number of tetrazole rings is 1. The molecular formula is C13H12N6OS. The monoisotopic (exact) mass is 300 g/mol. The van der Waals surface area contributed by atoms with Gasteiger partial charge < -0.3 is 5.32 Å². The molecular weight excluding hydrogens is 288 g/mol. The Kier molecular flexibility index (Phi) is 3.97. The van der Waals surface area contributed by atoms with Gasteiger partial charge >= 0.3 is 0 Å². The first-order valence-electron chi connectivity index (χ1n) is 6.28. The highest BCUT2D eigenvalue weighted by atomic mass is 32.1. The van der Waals surface area contributed by atoms with Crippen LogP contribution in [-0.2, 0) is 17.9 Å². The van der Waals surface area contributed by atoms with Crippen molar-refractivity contribution in [2.24, 2.45) is 0 Å². The number of carbonyl (C=O) groups is 1. The number of thiazole rings is 1. The van der Waals surface area contributed by atoms with Crippen LogP contribution in [0.4, 0.5) is 0 Å². The second kappa shape index (κ2) is 6.23. The average Bonchev–Trinajstić information content (AvgIpc) is 3.17. The van der Waals surface area contributed by atoms with Crippen LogP contribution in [-0.4, -0.2) is 31.1 Å². The Morgan fingerprint density at radius 2 is 2.14 bits per heavy atom. The summed E-state index contributed by atoms with van der Waals surface area (Å²) in [4.78, 5) is 16.2. The van der Waals surface area contributed by atoms with Crippen LogP contribution in [0.25, 0.3) is 10.6 Å². The summed E-state index contributed by atoms with van der Waals surface area (Å²) in [5.74, 6) is -0.156. The number of nitrogens with zero attached hydrogens (tertiary/aromatic N) is 5. The summed E-state index contributed by atoms with van der Waals surface area (Å²) in [6, 6.07) is 9.95. The van der Waals surface area contributed by atoms with Crippen molar-refractivity contribution in [1.29, 1.82) is 0 Å². The van der Waals surface area contributed by atoms with Gasteiger partial charge in [-0.05, 0) is 10.4 Å². The van der Waals surface area contributed by atoms with E-state index in [2.05, 4.69) is 25.8 Å². The molecule has 0 atom stereocenters. The molecule has 0 saturated carbocycles. The first-order chi connectivity index (χ1) is 10.3. The van der Waals surface area contributed by atoms with Crippen molar-refractivity contribution in [3.63, 3.8) is 0 Å². The standard InChI is InChI=1S/C13H12N6OS/c20-12(7-19-9-15-17-18-19)14-6-11-8-21-13(16-11)10-4-2-1-3-5-10/h1-5,8-9H,6-7H2,(H,14,20). The molecule has 106 valence electrons. The highest BCUT2D eigenvalue weighted by Crippen LogP contribution is 2.23. The van der Waals surface area contributed by atoms with Crippen LogP contribution >= 0.6 is 11.3 Å². The summed E-state index contributed by atoms with van der Waals surface area (Å²) in [6.07, 6.45) is 1.40. The Morgan fingerprint density at radius 1 is 1.29 bits per heavy atom. The minimum atomic E-state index is -0.156. The fourth-order valence-electron chi connectivity index (χ4n) is 1.75. The number of benzene rings is 1. The van der Waals surface area contributed by atoms with Crippen molar-refractivity contribution in [2.45, 2.75) is 13.1 Å². The zero-order valence-electron chi connectivity index (χ0n) is 11.0. The molecule has 8 heteroatoms. The lowest BCUT2D eigenvalue weighted by atomic mass is 10.2. The maximum atomic E-state index is 11.7. The van der Waals surface area contributed by atoms with Crippen LogP contribution in [0.1, 0.15) is 5.69 Å². The molecule has 0 unspecified atom stereocenters. The number of amides is 1. The predicted molar refractivity (Wildman–Crippen MR) is 77.2 cm³/mol. The van der Waals surface area contributed by atoms with Crippen LogP contribution in [0.2, 0.25) is 0 Å². The van der Waals surface area contributed by atoms with Crippen molar-refractivity contribution in [3.05, 3.63) is 47.7 Å². The molecule has 21 heavy (non-hydrogen) atoms. The molecule has 2 heterocycles. The SMILES string of the molecule is O=C(Cn1cnnn1)NCc1csc(-c2ccccc2)n1. The Hall–Kier alpha value is -2.61. The lowest BCUT2D eigenvalue weighted by Gasteiger charge is -2.02. The molecule has 0 bridgehead atoms. The van der Waals surface area contributed by atoms with E-state index in [1.807, 2.05) is 35.7 Å². The second-order valence-corrected chi connectivity index (χ2v) is 5.15. The van der Waals surface area contributed by atoms with Crippen LogP contribution in [0, 0.1) is 0 Å². The average molecular weight is 300 g/mol. The normalized spacial score (nSPS) is 10.5. The van der Waals surface area contributed by atoms with Crippen molar-refractivity contribution in [1.82, 2.24) is 30.5 Å². The molecule has 1 amide bonds. The van der Waals surface area contributed by atoms with E-state index < -0.39 is 0 Å². The van der Waals surface area contributed by atoms with Gasteiger partial charge in [-0.25, -0.2) is 9.67 Å². The van der Waals surface area contributed by atoms with Gasteiger partial charge in [0.2, 0.25) is 5.91 Å². The van der Waals surface area contributed by atoms with Crippen molar-refractivity contribution < 1.29 is 4.79 Å². The summed E-state index contributed by atoms with van der Waals surface area (Å²) in [5.41, 5.74) is 1.91. The molecule has 7 nitrogen and oxygen atoms in total. The number of hydrogen-bond donors (Lipinski definition) is 1. The highest BCUT2D eigenvalue weighted by Gasteiger charge is 2.07. The van der Waals surface area contributed by atoms with E-state index in [4.69, 9.17) is 0 Å². The van der Waals surface area contributed by atoms with E-state index in [9.17, 15) is 4.79 Å².